The van der Waals surface area contributed by atoms with E-state index in [0.29, 0.717) is 18.8 Å². The zero-order valence-electron chi connectivity index (χ0n) is 14.0. The number of nitrogens with one attached hydrogen (secondary N) is 2. The van der Waals surface area contributed by atoms with E-state index in [1.165, 1.54) is 0 Å². The van der Waals surface area contributed by atoms with Crippen LogP contribution >= 0.6 is 0 Å². The van der Waals surface area contributed by atoms with Crippen LogP contribution in [-0.2, 0) is 11.8 Å². The third-order valence-corrected chi connectivity index (χ3v) is 4.29. The van der Waals surface area contributed by atoms with Gasteiger partial charge in [-0.15, -0.1) is 0 Å². The lowest BCUT2D eigenvalue weighted by Gasteiger charge is -2.31. The largest absolute Gasteiger partial charge is 0.337 e. The summed E-state index contributed by atoms with van der Waals surface area (Å²) in [7, 11) is 3.55. The Morgan fingerprint density at radius 2 is 2.08 bits per heavy atom. The molecule has 7 heteroatoms. The van der Waals surface area contributed by atoms with Gasteiger partial charge < -0.3 is 10.2 Å². The lowest BCUT2D eigenvalue weighted by atomic mass is 9.89. The minimum absolute atomic E-state index is 0.0241. The molecule has 0 fully saturated rings. The topological polar surface area (TPSA) is 79.3 Å². The molecule has 1 atom stereocenters. The molecule has 1 aromatic carbocycles. The first-order valence-corrected chi connectivity index (χ1v) is 7.86. The Morgan fingerprint density at radius 1 is 1.33 bits per heavy atom. The summed E-state index contributed by atoms with van der Waals surface area (Å²) in [6.45, 7) is 2.27. The number of amides is 3. The maximum atomic E-state index is 12.1. The SMILES string of the molecule is Cc1cc(NC(=O)NC[C@H]2CC(=O)N(C)c3ccccc32)n(C)n1. The molecule has 3 amide bonds. The fourth-order valence-electron chi connectivity index (χ4n) is 3.02. The van der Waals surface area contributed by atoms with Crippen molar-refractivity contribution in [1.82, 2.24) is 15.1 Å². The van der Waals surface area contributed by atoms with Gasteiger partial charge in [0.1, 0.15) is 5.82 Å². The maximum absolute atomic E-state index is 12.1. The third-order valence-electron chi connectivity index (χ3n) is 4.29. The van der Waals surface area contributed by atoms with Gasteiger partial charge in [-0.05, 0) is 18.6 Å². The number of aryl methyl sites for hydroxylation is 2. The molecule has 0 aliphatic carbocycles. The number of fused-ring (bicyclic) bond motifs is 1. The quantitative estimate of drug-likeness (QED) is 0.905. The van der Waals surface area contributed by atoms with Crippen LogP contribution in [-0.4, -0.2) is 35.3 Å². The molecular weight excluding hydrogens is 306 g/mol. The van der Waals surface area contributed by atoms with E-state index in [0.717, 1.165) is 16.9 Å². The first-order chi connectivity index (χ1) is 11.5. The van der Waals surface area contributed by atoms with E-state index in [1.807, 2.05) is 31.2 Å². The van der Waals surface area contributed by atoms with Gasteiger partial charge >= 0.3 is 6.03 Å². The summed E-state index contributed by atoms with van der Waals surface area (Å²) in [5.41, 5.74) is 2.82. The molecule has 0 saturated heterocycles. The smallest absolute Gasteiger partial charge is 0.320 e. The van der Waals surface area contributed by atoms with Crippen LogP contribution in [0, 0.1) is 6.92 Å². The van der Waals surface area contributed by atoms with Crippen molar-refractivity contribution in [1.29, 1.82) is 0 Å². The van der Waals surface area contributed by atoms with Crippen molar-refractivity contribution < 1.29 is 9.59 Å². The van der Waals surface area contributed by atoms with Gasteiger partial charge in [0.15, 0.2) is 0 Å². The fourth-order valence-corrected chi connectivity index (χ4v) is 3.02. The number of hydrogen-bond acceptors (Lipinski definition) is 3. The average molecular weight is 327 g/mol. The summed E-state index contributed by atoms with van der Waals surface area (Å²) in [5.74, 6) is 0.664. The van der Waals surface area contributed by atoms with E-state index < -0.39 is 0 Å². The fraction of sp³-hybridized carbons (Fsp3) is 0.353. The molecule has 0 saturated carbocycles. The standard InChI is InChI=1S/C17H21N5O2/c1-11-8-15(22(3)20-11)19-17(24)18-10-12-9-16(23)21(2)14-7-5-4-6-13(12)14/h4-8,12H,9-10H2,1-3H3,(H2,18,19,24)/t12-/m1/s1. The predicted molar refractivity (Wildman–Crippen MR) is 92.2 cm³/mol. The Balaban J connectivity index is 1.66. The zero-order chi connectivity index (χ0) is 17.3. The lowest BCUT2D eigenvalue weighted by Crippen LogP contribution is -2.39. The number of aromatic nitrogens is 2. The molecule has 0 unspecified atom stereocenters. The van der Waals surface area contributed by atoms with Crippen molar-refractivity contribution in [2.45, 2.75) is 19.3 Å². The summed E-state index contributed by atoms with van der Waals surface area (Å²) in [4.78, 5) is 25.9. The second-order valence-corrected chi connectivity index (χ2v) is 6.04. The van der Waals surface area contributed by atoms with Gasteiger partial charge in [-0.1, -0.05) is 18.2 Å². The summed E-state index contributed by atoms with van der Waals surface area (Å²) in [5, 5.41) is 9.81. The minimum atomic E-state index is -0.304. The molecule has 1 aliphatic rings. The molecule has 2 heterocycles. The Bertz CT molecular complexity index is 783. The number of urea groups is 1. The average Bonchev–Trinajstić information content (AvgIpc) is 2.87. The molecule has 0 bridgehead atoms. The predicted octanol–water partition coefficient (Wildman–Crippen LogP) is 2.00. The highest BCUT2D eigenvalue weighted by molar-refractivity contribution is 5.96. The molecule has 2 N–H and O–H groups in total. The normalized spacial score (nSPS) is 16.7. The van der Waals surface area contributed by atoms with Crippen LogP contribution in [0.25, 0.3) is 0 Å². The van der Waals surface area contributed by atoms with Gasteiger partial charge in [0, 0.05) is 44.7 Å². The Morgan fingerprint density at radius 3 is 2.79 bits per heavy atom. The van der Waals surface area contributed by atoms with Crippen molar-refractivity contribution in [3.63, 3.8) is 0 Å². The van der Waals surface area contributed by atoms with Crippen LogP contribution in [0.4, 0.5) is 16.3 Å². The molecule has 7 nitrogen and oxygen atoms in total. The van der Waals surface area contributed by atoms with Gasteiger partial charge in [0.05, 0.1) is 5.69 Å². The van der Waals surface area contributed by atoms with Crippen molar-refractivity contribution in [2.24, 2.45) is 7.05 Å². The first-order valence-electron chi connectivity index (χ1n) is 7.86. The third kappa shape index (κ3) is 3.10. The second-order valence-electron chi connectivity index (χ2n) is 6.04. The Labute approximate surface area is 140 Å². The Hall–Kier alpha value is -2.83. The minimum Gasteiger partial charge on any atom is -0.337 e. The van der Waals surface area contributed by atoms with Gasteiger partial charge in [0.2, 0.25) is 5.91 Å². The van der Waals surface area contributed by atoms with Crippen LogP contribution in [0.2, 0.25) is 0 Å². The zero-order valence-corrected chi connectivity index (χ0v) is 14.0. The second kappa shape index (κ2) is 6.35. The summed E-state index contributed by atoms with van der Waals surface area (Å²) < 4.78 is 1.61. The highest BCUT2D eigenvalue weighted by atomic mass is 16.2. The number of carbonyl (C=O) groups excluding carboxylic acids is 2. The van der Waals surface area contributed by atoms with Crippen LogP contribution < -0.4 is 15.5 Å². The number of para-hydroxylation sites is 1. The highest BCUT2D eigenvalue weighted by Crippen LogP contribution is 2.34. The van der Waals surface area contributed by atoms with Crippen molar-refractivity contribution in [2.75, 3.05) is 23.8 Å². The molecule has 1 aliphatic heterocycles. The van der Waals surface area contributed by atoms with Crippen LogP contribution in [0.5, 0.6) is 0 Å². The van der Waals surface area contributed by atoms with E-state index in [4.69, 9.17) is 0 Å². The van der Waals surface area contributed by atoms with E-state index in [-0.39, 0.29) is 17.9 Å². The van der Waals surface area contributed by atoms with Crippen LogP contribution in [0.1, 0.15) is 23.6 Å². The molecule has 126 valence electrons. The summed E-state index contributed by atoms with van der Waals surface area (Å²) in [6.07, 6.45) is 0.388. The van der Waals surface area contributed by atoms with E-state index in [2.05, 4.69) is 15.7 Å². The van der Waals surface area contributed by atoms with Crippen molar-refractivity contribution >= 4 is 23.4 Å². The molecule has 0 spiro atoms. The molecular formula is C17H21N5O2. The highest BCUT2D eigenvalue weighted by Gasteiger charge is 2.28. The number of rotatable bonds is 3. The number of nitrogens with zero attached hydrogens (tertiary/aromatic N) is 3. The maximum Gasteiger partial charge on any atom is 0.320 e. The number of benzene rings is 1. The lowest BCUT2D eigenvalue weighted by molar-refractivity contribution is -0.119. The number of anilines is 2. The van der Waals surface area contributed by atoms with E-state index >= 15 is 0 Å². The molecule has 0 radical (unpaired) electrons. The first kappa shape index (κ1) is 16.0. The van der Waals surface area contributed by atoms with Crippen molar-refractivity contribution in [3.8, 4) is 0 Å². The number of carbonyl (C=O) groups is 2. The number of hydrogen-bond donors (Lipinski definition) is 2. The van der Waals surface area contributed by atoms with Crippen LogP contribution in [0.3, 0.4) is 0 Å². The molecule has 24 heavy (non-hydrogen) atoms. The van der Waals surface area contributed by atoms with Gasteiger partial charge in [0.25, 0.3) is 0 Å². The van der Waals surface area contributed by atoms with E-state index in [9.17, 15) is 9.59 Å². The molecule has 2 aromatic rings. The summed E-state index contributed by atoms with van der Waals surface area (Å²) >= 11 is 0. The Kier molecular flexibility index (Phi) is 4.24. The van der Waals surface area contributed by atoms with Crippen molar-refractivity contribution in [3.05, 3.63) is 41.6 Å². The van der Waals surface area contributed by atoms with Gasteiger partial charge in [-0.25, -0.2) is 4.79 Å². The van der Waals surface area contributed by atoms with Gasteiger partial charge in [-0.3, -0.25) is 14.8 Å². The van der Waals surface area contributed by atoms with E-state index in [1.54, 1.807) is 29.7 Å². The van der Waals surface area contributed by atoms with Crippen LogP contribution in [0.15, 0.2) is 30.3 Å². The summed E-state index contributed by atoms with van der Waals surface area (Å²) in [6, 6.07) is 9.30. The van der Waals surface area contributed by atoms with Gasteiger partial charge in [-0.2, -0.15) is 5.10 Å². The molecule has 1 aromatic heterocycles. The molecule has 3 rings (SSSR count). The monoisotopic (exact) mass is 327 g/mol.